The second-order valence-corrected chi connectivity index (χ2v) is 4.28. The van der Waals surface area contributed by atoms with Crippen LogP contribution in [0.1, 0.15) is 42.6 Å². The molecular formula is C14H21NO2. The van der Waals surface area contributed by atoms with E-state index in [4.69, 9.17) is 0 Å². The smallest absolute Gasteiger partial charge is 0.159 e. The summed E-state index contributed by atoms with van der Waals surface area (Å²) in [5, 5.41) is 12.7. The number of nitrogens with one attached hydrogen (secondary N) is 1. The van der Waals surface area contributed by atoms with Crippen LogP contribution in [-0.2, 0) is 6.42 Å². The lowest BCUT2D eigenvalue weighted by atomic mass is 10.00. The van der Waals surface area contributed by atoms with Gasteiger partial charge in [-0.05, 0) is 49.9 Å². The summed E-state index contributed by atoms with van der Waals surface area (Å²) in [5.74, 6) is 0.0740. The van der Waals surface area contributed by atoms with Gasteiger partial charge in [0.2, 0.25) is 0 Å². The number of aliphatic hydroxyl groups excluding tert-OH is 1. The third-order valence-electron chi connectivity index (χ3n) is 3.00. The minimum Gasteiger partial charge on any atom is -0.393 e. The average molecular weight is 235 g/mol. The van der Waals surface area contributed by atoms with E-state index in [1.54, 1.807) is 6.92 Å². The number of aryl methyl sites for hydroxylation is 1. The molecule has 0 fully saturated rings. The van der Waals surface area contributed by atoms with E-state index >= 15 is 0 Å². The standard InChI is InChI=1S/C14H21NO2/c1-4-13(17)7-5-12-9-11(10(2)16)6-8-14(12)15-3/h6,8-9,13,15,17H,4-5,7H2,1-3H3. The van der Waals surface area contributed by atoms with E-state index in [-0.39, 0.29) is 11.9 Å². The first kappa shape index (κ1) is 13.7. The van der Waals surface area contributed by atoms with Crippen LogP contribution in [-0.4, -0.2) is 24.0 Å². The molecule has 0 aliphatic carbocycles. The van der Waals surface area contributed by atoms with Crippen LogP contribution < -0.4 is 5.32 Å². The number of carbonyl (C=O) groups excluding carboxylic acids is 1. The molecule has 0 amide bonds. The number of rotatable bonds is 6. The van der Waals surface area contributed by atoms with Crippen molar-refractivity contribution in [2.24, 2.45) is 0 Å². The first-order valence-corrected chi connectivity index (χ1v) is 6.08. The average Bonchev–Trinajstić information content (AvgIpc) is 2.35. The molecule has 0 spiro atoms. The summed E-state index contributed by atoms with van der Waals surface area (Å²) in [7, 11) is 1.86. The van der Waals surface area contributed by atoms with Crippen molar-refractivity contribution in [2.75, 3.05) is 12.4 Å². The highest BCUT2D eigenvalue weighted by atomic mass is 16.3. The molecule has 0 heterocycles. The molecule has 3 nitrogen and oxygen atoms in total. The molecule has 17 heavy (non-hydrogen) atoms. The molecule has 0 saturated carbocycles. The van der Waals surface area contributed by atoms with Crippen molar-refractivity contribution in [2.45, 2.75) is 39.2 Å². The topological polar surface area (TPSA) is 49.3 Å². The molecule has 94 valence electrons. The Labute approximate surface area is 103 Å². The zero-order chi connectivity index (χ0) is 12.8. The second kappa shape index (κ2) is 6.40. The molecule has 0 aromatic heterocycles. The fraction of sp³-hybridized carbons (Fsp3) is 0.500. The van der Waals surface area contributed by atoms with E-state index < -0.39 is 0 Å². The maximum atomic E-state index is 11.3. The molecule has 0 aliphatic rings. The second-order valence-electron chi connectivity index (χ2n) is 4.28. The quantitative estimate of drug-likeness (QED) is 0.745. The van der Waals surface area contributed by atoms with Crippen LogP contribution in [0.3, 0.4) is 0 Å². The number of aliphatic hydroxyl groups is 1. The van der Waals surface area contributed by atoms with Crippen molar-refractivity contribution in [1.82, 2.24) is 0 Å². The molecule has 1 aromatic rings. The van der Waals surface area contributed by atoms with Gasteiger partial charge in [-0.3, -0.25) is 4.79 Å². The number of anilines is 1. The summed E-state index contributed by atoms with van der Waals surface area (Å²) in [5.41, 5.74) is 2.84. The van der Waals surface area contributed by atoms with Crippen molar-refractivity contribution >= 4 is 11.5 Å². The van der Waals surface area contributed by atoms with E-state index in [0.717, 1.165) is 36.1 Å². The largest absolute Gasteiger partial charge is 0.393 e. The monoisotopic (exact) mass is 235 g/mol. The highest BCUT2D eigenvalue weighted by Gasteiger charge is 2.08. The molecule has 1 aromatic carbocycles. The van der Waals surface area contributed by atoms with Crippen LogP contribution in [0.5, 0.6) is 0 Å². The van der Waals surface area contributed by atoms with E-state index in [1.165, 1.54) is 0 Å². The third-order valence-corrected chi connectivity index (χ3v) is 3.00. The van der Waals surface area contributed by atoms with Crippen LogP contribution in [0.2, 0.25) is 0 Å². The SMILES string of the molecule is CCC(O)CCc1cc(C(C)=O)ccc1NC. The summed E-state index contributed by atoms with van der Waals surface area (Å²) in [6.07, 6.45) is 2.01. The Kier molecular flexibility index (Phi) is 5.16. The van der Waals surface area contributed by atoms with Crippen LogP contribution in [0.25, 0.3) is 0 Å². The lowest BCUT2D eigenvalue weighted by Crippen LogP contribution is -2.07. The predicted octanol–water partition coefficient (Wildman–Crippen LogP) is 2.63. The third kappa shape index (κ3) is 3.86. The van der Waals surface area contributed by atoms with Gasteiger partial charge in [0.1, 0.15) is 0 Å². The van der Waals surface area contributed by atoms with Gasteiger partial charge >= 0.3 is 0 Å². The maximum Gasteiger partial charge on any atom is 0.159 e. The minimum absolute atomic E-state index is 0.0740. The summed E-state index contributed by atoms with van der Waals surface area (Å²) < 4.78 is 0. The van der Waals surface area contributed by atoms with Gasteiger partial charge in [-0.1, -0.05) is 6.92 Å². The van der Waals surface area contributed by atoms with Crippen molar-refractivity contribution in [3.8, 4) is 0 Å². The normalized spacial score (nSPS) is 12.2. The van der Waals surface area contributed by atoms with E-state index in [1.807, 2.05) is 32.2 Å². The Bertz CT molecular complexity index is 388. The van der Waals surface area contributed by atoms with Crippen LogP contribution in [0, 0.1) is 0 Å². The maximum absolute atomic E-state index is 11.3. The number of hydrogen-bond donors (Lipinski definition) is 2. The lowest BCUT2D eigenvalue weighted by Gasteiger charge is -2.12. The van der Waals surface area contributed by atoms with E-state index in [9.17, 15) is 9.90 Å². The van der Waals surface area contributed by atoms with E-state index in [0.29, 0.717) is 0 Å². The summed E-state index contributed by atoms with van der Waals surface area (Å²) in [6, 6.07) is 5.66. The molecule has 3 heteroatoms. The number of Topliss-reactive ketones (excluding diaryl/α,β-unsaturated/α-hetero) is 1. The van der Waals surface area contributed by atoms with Gasteiger partial charge in [-0.15, -0.1) is 0 Å². The molecule has 0 radical (unpaired) electrons. The lowest BCUT2D eigenvalue weighted by molar-refractivity contribution is 0.101. The Morgan fingerprint density at radius 2 is 2.18 bits per heavy atom. The predicted molar refractivity (Wildman–Crippen MR) is 70.6 cm³/mol. The van der Waals surface area contributed by atoms with Gasteiger partial charge in [0.25, 0.3) is 0 Å². The summed E-state index contributed by atoms with van der Waals surface area (Å²) in [4.78, 5) is 11.3. The van der Waals surface area contributed by atoms with Gasteiger partial charge in [-0.25, -0.2) is 0 Å². The number of benzene rings is 1. The van der Waals surface area contributed by atoms with Gasteiger partial charge < -0.3 is 10.4 Å². The Balaban J connectivity index is 2.86. The number of carbonyl (C=O) groups is 1. The van der Waals surface area contributed by atoms with Gasteiger partial charge in [0.05, 0.1) is 6.10 Å². The summed E-state index contributed by atoms with van der Waals surface area (Å²) in [6.45, 7) is 3.54. The molecular weight excluding hydrogens is 214 g/mol. The summed E-state index contributed by atoms with van der Waals surface area (Å²) >= 11 is 0. The number of ketones is 1. The highest BCUT2D eigenvalue weighted by molar-refractivity contribution is 5.94. The zero-order valence-electron chi connectivity index (χ0n) is 10.8. The van der Waals surface area contributed by atoms with Gasteiger partial charge in [0, 0.05) is 18.3 Å². The fourth-order valence-corrected chi connectivity index (χ4v) is 1.79. The van der Waals surface area contributed by atoms with Crippen LogP contribution in [0.4, 0.5) is 5.69 Å². The molecule has 0 aliphatic heterocycles. The Morgan fingerprint density at radius 1 is 1.47 bits per heavy atom. The van der Waals surface area contributed by atoms with Gasteiger partial charge in [-0.2, -0.15) is 0 Å². The molecule has 0 bridgehead atoms. The molecule has 2 N–H and O–H groups in total. The molecule has 0 saturated heterocycles. The van der Waals surface area contributed by atoms with Crippen LogP contribution >= 0.6 is 0 Å². The zero-order valence-corrected chi connectivity index (χ0v) is 10.8. The highest BCUT2D eigenvalue weighted by Crippen LogP contribution is 2.20. The van der Waals surface area contributed by atoms with Crippen molar-refractivity contribution in [1.29, 1.82) is 0 Å². The Morgan fingerprint density at radius 3 is 2.71 bits per heavy atom. The molecule has 1 rings (SSSR count). The van der Waals surface area contributed by atoms with Crippen molar-refractivity contribution < 1.29 is 9.90 Å². The Hall–Kier alpha value is -1.35. The van der Waals surface area contributed by atoms with E-state index in [2.05, 4.69) is 5.32 Å². The molecule has 1 atom stereocenters. The fourth-order valence-electron chi connectivity index (χ4n) is 1.79. The minimum atomic E-state index is -0.263. The first-order valence-electron chi connectivity index (χ1n) is 6.08. The van der Waals surface area contributed by atoms with Crippen molar-refractivity contribution in [3.63, 3.8) is 0 Å². The van der Waals surface area contributed by atoms with Gasteiger partial charge in [0.15, 0.2) is 5.78 Å². The first-order chi connectivity index (χ1) is 8.08. The van der Waals surface area contributed by atoms with Crippen molar-refractivity contribution in [3.05, 3.63) is 29.3 Å². The van der Waals surface area contributed by atoms with Crippen LogP contribution in [0.15, 0.2) is 18.2 Å². The number of hydrogen-bond acceptors (Lipinski definition) is 3. The molecule has 1 unspecified atom stereocenters.